The van der Waals surface area contributed by atoms with Gasteiger partial charge in [-0.2, -0.15) is 13.2 Å². The zero-order valence-corrected chi connectivity index (χ0v) is 11.9. The highest BCUT2D eigenvalue weighted by molar-refractivity contribution is 6.02. The third-order valence-corrected chi connectivity index (χ3v) is 3.67. The Labute approximate surface area is 129 Å². The van der Waals surface area contributed by atoms with Gasteiger partial charge in [-0.05, 0) is 31.4 Å². The lowest BCUT2D eigenvalue weighted by Gasteiger charge is -2.35. The average molecular weight is 330 g/mol. The molecule has 124 valence electrons. The van der Waals surface area contributed by atoms with E-state index in [1.165, 1.54) is 12.1 Å². The maximum absolute atomic E-state index is 12.6. The molecule has 1 unspecified atom stereocenters. The predicted molar refractivity (Wildman–Crippen MR) is 72.8 cm³/mol. The molecule has 0 aliphatic carbocycles. The number of rotatable bonds is 3. The maximum atomic E-state index is 12.6. The van der Waals surface area contributed by atoms with Crippen molar-refractivity contribution in [1.29, 1.82) is 0 Å². The smallest absolute Gasteiger partial charge is 0.324 e. The molecular weight excluding hydrogens is 317 g/mol. The molecule has 6 nitrogen and oxygen atoms in total. The van der Waals surface area contributed by atoms with Gasteiger partial charge in [0.2, 0.25) is 0 Å². The number of hydrogen-bond donors (Lipinski definition) is 0. The Hall–Kier alpha value is -2.45. The van der Waals surface area contributed by atoms with Crippen LogP contribution in [-0.2, 0) is 4.79 Å². The van der Waals surface area contributed by atoms with E-state index in [0.29, 0.717) is 17.7 Å². The molecule has 1 fully saturated rings. The van der Waals surface area contributed by atoms with Crippen LogP contribution in [-0.4, -0.2) is 40.3 Å². The van der Waals surface area contributed by atoms with Gasteiger partial charge in [-0.25, -0.2) is 0 Å². The van der Waals surface area contributed by atoms with E-state index >= 15 is 0 Å². The number of alkyl halides is 3. The molecule has 1 aliphatic rings. The summed E-state index contributed by atoms with van der Waals surface area (Å²) in [6.07, 6.45) is -3.97. The van der Waals surface area contributed by atoms with Crippen molar-refractivity contribution in [1.82, 2.24) is 4.90 Å². The predicted octanol–water partition coefficient (Wildman–Crippen LogP) is 2.72. The highest BCUT2D eigenvalue weighted by Gasteiger charge is 2.46. The summed E-state index contributed by atoms with van der Waals surface area (Å²) in [6, 6.07) is 3.38. The molecule has 0 aromatic heterocycles. The van der Waals surface area contributed by atoms with Crippen LogP contribution >= 0.6 is 0 Å². The lowest BCUT2D eigenvalue weighted by Crippen LogP contribution is -2.52. The van der Waals surface area contributed by atoms with Crippen molar-refractivity contribution < 1.29 is 27.7 Å². The number of piperidine rings is 1. The van der Waals surface area contributed by atoms with Crippen LogP contribution in [0.15, 0.2) is 24.3 Å². The summed E-state index contributed by atoms with van der Waals surface area (Å²) < 4.78 is 37.9. The van der Waals surface area contributed by atoms with E-state index in [1.54, 1.807) is 0 Å². The summed E-state index contributed by atoms with van der Waals surface area (Å²) >= 11 is 0. The molecule has 1 aliphatic heterocycles. The number of halogens is 3. The minimum Gasteiger partial charge on any atom is -0.324 e. The monoisotopic (exact) mass is 330 g/mol. The maximum Gasteiger partial charge on any atom is 0.471 e. The zero-order valence-electron chi connectivity index (χ0n) is 11.9. The third kappa shape index (κ3) is 3.66. The second-order valence-corrected chi connectivity index (χ2v) is 5.18. The van der Waals surface area contributed by atoms with Gasteiger partial charge in [-0.3, -0.25) is 19.7 Å². The highest BCUT2D eigenvalue weighted by Crippen LogP contribution is 2.27. The number of carbonyl (C=O) groups excluding carboxylic acids is 2. The molecule has 1 aromatic carbocycles. The quantitative estimate of drug-likeness (QED) is 0.485. The number of nitro groups is 1. The normalized spacial score (nSPS) is 18.6. The Bertz CT molecular complexity index is 628. The molecule has 1 aromatic rings. The van der Waals surface area contributed by atoms with Gasteiger partial charge in [0.25, 0.3) is 5.69 Å². The van der Waals surface area contributed by atoms with Crippen molar-refractivity contribution in [3.63, 3.8) is 0 Å². The molecule has 0 spiro atoms. The SMILES string of the molecule is O=C(c1ccc([N+](=O)[O-])cc1)C1CCCCN1C(=O)C(F)(F)F. The van der Waals surface area contributed by atoms with Gasteiger partial charge in [0.05, 0.1) is 11.0 Å². The Morgan fingerprint density at radius 2 is 1.78 bits per heavy atom. The van der Waals surface area contributed by atoms with Crippen molar-refractivity contribution in [3.8, 4) is 0 Å². The topological polar surface area (TPSA) is 80.5 Å². The Morgan fingerprint density at radius 1 is 1.17 bits per heavy atom. The first kappa shape index (κ1) is 16.9. The standard InChI is InChI=1S/C14H13F3N2O4/c15-14(16,17)13(21)18-8-2-1-3-11(18)12(20)9-4-6-10(7-5-9)19(22)23/h4-7,11H,1-3,8H2. The van der Waals surface area contributed by atoms with E-state index in [9.17, 15) is 32.9 Å². The number of carbonyl (C=O) groups is 2. The Kier molecular flexibility index (Phi) is 4.67. The molecule has 9 heteroatoms. The Balaban J connectivity index is 2.24. The van der Waals surface area contributed by atoms with E-state index in [-0.39, 0.29) is 24.2 Å². The highest BCUT2D eigenvalue weighted by atomic mass is 19.4. The van der Waals surface area contributed by atoms with Crippen LogP contribution in [0.2, 0.25) is 0 Å². The fourth-order valence-corrected chi connectivity index (χ4v) is 2.55. The largest absolute Gasteiger partial charge is 0.471 e. The lowest BCUT2D eigenvalue weighted by molar-refractivity contribution is -0.384. The number of ketones is 1. The number of nitro benzene ring substituents is 1. The first-order chi connectivity index (χ1) is 10.7. The van der Waals surface area contributed by atoms with Gasteiger partial charge >= 0.3 is 12.1 Å². The molecule has 0 bridgehead atoms. The average Bonchev–Trinajstić information content (AvgIpc) is 2.52. The number of benzene rings is 1. The number of hydrogen-bond acceptors (Lipinski definition) is 4. The van der Waals surface area contributed by atoms with Crippen LogP contribution in [0.4, 0.5) is 18.9 Å². The molecule has 2 rings (SSSR count). The van der Waals surface area contributed by atoms with E-state index in [0.717, 1.165) is 12.1 Å². The van der Waals surface area contributed by atoms with Crippen molar-refractivity contribution in [2.24, 2.45) is 0 Å². The van der Waals surface area contributed by atoms with Gasteiger partial charge in [-0.15, -0.1) is 0 Å². The third-order valence-electron chi connectivity index (χ3n) is 3.67. The summed E-state index contributed by atoms with van der Waals surface area (Å²) in [4.78, 5) is 34.3. The minimum atomic E-state index is -5.04. The van der Waals surface area contributed by atoms with Crippen LogP contribution in [0.1, 0.15) is 29.6 Å². The van der Waals surface area contributed by atoms with Crippen molar-refractivity contribution >= 4 is 17.4 Å². The van der Waals surface area contributed by atoms with Gasteiger partial charge in [0.1, 0.15) is 0 Å². The van der Waals surface area contributed by atoms with E-state index in [2.05, 4.69) is 0 Å². The summed E-state index contributed by atoms with van der Waals surface area (Å²) in [6.45, 7) is -0.137. The van der Waals surface area contributed by atoms with Gasteiger partial charge < -0.3 is 4.90 Å². The van der Waals surface area contributed by atoms with Crippen LogP contribution in [0.5, 0.6) is 0 Å². The van der Waals surface area contributed by atoms with Crippen molar-refractivity contribution in [2.45, 2.75) is 31.5 Å². The van der Waals surface area contributed by atoms with Crippen molar-refractivity contribution in [2.75, 3.05) is 6.54 Å². The molecule has 1 saturated heterocycles. The fraction of sp³-hybridized carbons (Fsp3) is 0.429. The summed E-state index contributed by atoms with van der Waals surface area (Å²) in [5, 5.41) is 10.6. The summed E-state index contributed by atoms with van der Waals surface area (Å²) in [7, 11) is 0. The number of nitrogens with zero attached hydrogens (tertiary/aromatic N) is 2. The van der Waals surface area contributed by atoms with E-state index in [1.807, 2.05) is 0 Å². The second-order valence-electron chi connectivity index (χ2n) is 5.18. The molecule has 1 heterocycles. The number of Topliss-reactive ketones (excluding diaryl/α,β-unsaturated/α-hetero) is 1. The van der Waals surface area contributed by atoms with Crippen LogP contribution < -0.4 is 0 Å². The summed E-state index contributed by atoms with van der Waals surface area (Å²) in [5.74, 6) is -2.67. The minimum absolute atomic E-state index is 0.0440. The number of non-ortho nitro benzene ring substituents is 1. The first-order valence-electron chi connectivity index (χ1n) is 6.88. The fourth-order valence-electron chi connectivity index (χ4n) is 2.55. The molecule has 0 saturated carbocycles. The molecule has 0 radical (unpaired) electrons. The molecule has 0 N–H and O–H groups in total. The van der Waals surface area contributed by atoms with Crippen LogP contribution in [0.3, 0.4) is 0 Å². The Morgan fingerprint density at radius 3 is 2.30 bits per heavy atom. The number of likely N-dealkylation sites (tertiary alicyclic amines) is 1. The molecular formula is C14H13F3N2O4. The van der Waals surface area contributed by atoms with E-state index in [4.69, 9.17) is 0 Å². The van der Waals surface area contributed by atoms with Gasteiger partial charge in [0, 0.05) is 24.2 Å². The molecule has 1 amide bonds. The summed E-state index contributed by atoms with van der Waals surface area (Å²) in [5.41, 5.74) is -0.184. The molecule has 23 heavy (non-hydrogen) atoms. The van der Waals surface area contributed by atoms with Crippen molar-refractivity contribution in [3.05, 3.63) is 39.9 Å². The van der Waals surface area contributed by atoms with Crippen LogP contribution in [0.25, 0.3) is 0 Å². The zero-order chi connectivity index (χ0) is 17.2. The first-order valence-corrected chi connectivity index (χ1v) is 6.88. The van der Waals surface area contributed by atoms with Gasteiger partial charge in [0.15, 0.2) is 5.78 Å². The molecule has 1 atom stereocenters. The van der Waals surface area contributed by atoms with Crippen LogP contribution in [0, 0.1) is 10.1 Å². The lowest BCUT2D eigenvalue weighted by atomic mass is 9.94. The second kappa shape index (κ2) is 6.35. The number of amides is 1. The van der Waals surface area contributed by atoms with E-state index < -0.39 is 28.8 Å². The van der Waals surface area contributed by atoms with Gasteiger partial charge in [-0.1, -0.05) is 0 Å².